The van der Waals surface area contributed by atoms with E-state index in [1.165, 1.54) is 0 Å². The molecule has 3 N–H and O–H groups in total. The highest BCUT2D eigenvalue weighted by molar-refractivity contribution is 6.35. The van der Waals surface area contributed by atoms with E-state index in [1.807, 2.05) is 42.5 Å². The lowest BCUT2D eigenvalue weighted by atomic mass is 9.91. The highest BCUT2D eigenvalue weighted by Crippen LogP contribution is 2.37. The molecule has 1 amide bonds. The maximum atomic E-state index is 12.9. The maximum Gasteiger partial charge on any atom is 0.306 e. The van der Waals surface area contributed by atoms with Gasteiger partial charge in [0.2, 0.25) is 0 Å². The smallest absolute Gasteiger partial charge is 0.306 e. The molecular formula is C29H29N3O4. The number of benzene rings is 2. The van der Waals surface area contributed by atoms with E-state index in [4.69, 9.17) is 4.74 Å². The highest BCUT2D eigenvalue weighted by atomic mass is 16.5. The molecule has 7 nitrogen and oxygen atoms in total. The zero-order valence-electron chi connectivity index (χ0n) is 20.3. The van der Waals surface area contributed by atoms with Crippen LogP contribution in [0.5, 0.6) is 0 Å². The lowest BCUT2D eigenvalue weighted by Gasteiger charge is -2.11. The first-order valence-electron chi connectivity index (χ1n) is 12.4. The Hall–Kier alpha value is -4.13. The third-order valence-electron chi connectivity index (χ3n) is 6.64. The number of amides is 1. The molecule has 7 heteroatoms. The quantitative estimate of drug-likeness (QED) is 0.305. The molecule has 2 heterocycles. The molecule has 1 aliphatic carbocycles. The van der Waals surface area contributed by atoms with E-state index in [0.29, 0.717) is 42.8 Å². The number of carbonyl (C=O) groups excluding carboxylic acids is 3. The van der Waals surface area contributed by atoms with Gasteiger partial charge in [0.15, 0.2) is 5.78 Å². The highest BCUT2D eigenvalue weighted by Gasteiger charge is 2.29. The number of aryl methyl sites for hydroxylation is 1. The molecule has 0 spiro atoms. The van der Waals surface area contributed by atoms with Crippen molar-refractivity contribution in [2.45, 2.75) is 45.6 Å². The summed E-state index contributed by atoms with van der Waals surface area (Å²) in [6.45, 7) is 2.76. The largest absolute Gasteiger partial charge is 0.466 e. The first kappa shape index (κ1) is 23.6. The Kier molecular flexibility index (Phi) is 6.71. The zero-order valence-corrected chi connectivity index (χ0v) is 20.3. The number of nitrogens with one attached hydrogen (secondary N) is 3. The fourth-order valence-corrected chi connectivity index (χ4v) is 4.92. The molecule has 0 saturated carbocycles. The summed E-state index contributed by atoms with van der Waals surface area (Å²) < 4.78 is 5.10. The Morgan fingerprint density at radius 2 is 1.94 bits per heavy atom. The summed E-state index contributed by atoms with van der Waals surface area (Å²) in [6, 6.07) is 15.9. The van der Waals surface area contributed by atoms with Gasteiger partial charge in [-0.3, -0.25) is 14.4 Å². The molecule has 0 fully saturated rings. The van der Waals surface area contributed by atoms with Crippen molar-refractivity contribution in [3.05, 3.63) is 82.2 Å². The van der Waals surface area contributed by atoms with E-state index in [-0.39, 0.29) is 24.1 Å². The lowest BCUT2D eigenvalue weighted by molar-refractivity contribution is -0.143. The number of rotatable bonds is 8. The Morgan fingerprint density at radius 3 is 2.75 bits per heavy atom. The van der Waals surface area contributed by atoms with Crippen molar-refractivity contribution < 1.29 is 19.1 Å². The van der Waals surface area contributed by atoms with Crippen molar-refractivity contribution in [3.8, 4) is 0 Å². The summed E-state index contributed by atoms with van der Waals surface area (Å²) >= 11 is 0. The van der Waals surface area contributed by atoms with Gasteiger partial charge in [0.1, 0.15) is 0 Å². The normalized spacial score (nSPS) is 15.4. The molecule has 184 valence electrons. The van der Waals surface area contributed by atoms with Crippen LogP contribution in [0.25, 0.3) is 11.6 Å². The number of H-pyrrole nitrogens is 1. The molecule has 2 aliphatic rings. The van der Waals surface area contributed by atoms with Crippen molar-refractivity contribution in [1.29, 1.82) is 0 Å². The van der Waals surface area contributed by atoms with Crippen LogP contribution in [-0.4, -0.2) is 29.3 Å². The van der Waals surface area contributed by atoms with E-state index < -0.39 is 0 Å². The van der Waals surface area contributed by atoms with Crippen LogP contribution in [0, 0.1) is 0 Å². The number of hydrogen-bond donors (Lipinski definition) is 3. The third kappa shape index (κ3) is 4.82. The molecule has 2 aromatic carbocycles. The van der Waals surface area contributed by atoms with Crippen molar-refractivity contribution in [1.82, 2.24) is 4.98 Å². The van der Waals surface area contributed by atoms with Crippen molar-refractivity contribution in [2.75, 3.05) is 17.2 Å². The topological polar surface area (TPSA) is 100 Å². The standard InChI is InChI=1S/C29H29N3O4/c1-2-36-27(34)14-12-20-25(31-24-9-6-10-26(33)28(20)24)16-22-21-15-19(11-13-23(21)32-29(22)35)30-17-18-7-4-3-5-8-18/h3-5,7-8,11,13,15-16,30-31H,2,6,9-10,12,14,17H2,1H3,(H,32,35)/b22-16-. The van der Waals surface area contributed by atoms with Crippen LogP contribution in [0.15, 0.2) is 48.5 Å². The summed E-state index contributed by atoms with van der Waals surface area (Å²) in [5, 5.41) is 6.36. The van der Waals surface area contributed by atoms with Crippen LogP contribution in [0.4, 0.5) is 11.4 Å². The van der Waals surface area contributed by atoms with Crippen molar-refractivity contribution >= 4 is 40.7 Å². The zero-order chi connectivity index (χ0) is 25.1. The molecule has 0 radical (unpaired) electrons. The summed E-state index contributed by atoms with van der Waals surface area (Å²) in [7, 11) is 0. The van der Waals surface area contributed by atoms with E-state index in [1.54, 1.807) is 6.92 Å². The van der Waals surface area contributed by atoms with Crippen LogP contribution >= 0.6 is 0 Å². The molecule has 0 saturated heterocycles. The number of esters is 1. The lowest BCUT2D eigenvalue weighted by Crippen LogP contribution is -2.12. The number of aromatic nitrogens is 1. The van der Waals surface area contributed by atoms with Crippen LogP contribution in [0.3, 0.4) is 0 Å². The second-order valence-electron chi connectivity index (χ2n) is 9.06. The van der Waals surface area contributed by atoms with Crippen molar-refractivity contribution in [3.63, 3.8) is 0 Å². The third-order valence-corrected chi connectivity index (χ3v) is 6.64. The molecule has 3 aromatic rings. The molecule has 36 heavy (non-hydrogen) atoms. The monoisotopic (exact) mass is 483 g/mol. The Balaban J connectivity index is 1.47. The van der Waals surface area contributed by atoms with Gasteiger partial charge in [0.25, 0.3) is 5.91 Å². The number of fused-ring (bicyclic) bond motifs is 2. The van der Waals surface area contributed by atoms with Gasteiger partial charge in [0, 0.05) is 53.3 Å². The van der Waals surface area contributed by atoms with Crippen LogP contribution < -0.4 is 10.6 Å². The summed E-state index contributed by atoms with van der Waals surface area (Å²) in [5.41, 5.74) is 7.19. The number of aromatic amines is 1. The van der Waals surface area contributed by atoms with E-state index >= 15 is 0 Å². The van der Waals surface area contributed by atoms with Gasteiger partial charge in [-0.1, -0.05) is 30.3 Å². The first-order chi connectivity index (χ1) is 17.5. The predicted molar refractivity (Wildman–Crippen MR) is 140 cm³/mol. The Morgan fingerprint density at radius 1 is 1.11 bits per heavy atom. The molecule has 5 rings (SSSR count). The fourth-order valence-electron chi connectivity index (χ4n) is 4.92. The van der Waals surface area contributed by atoms with Crippen LogP contribution in [0.1, 0.15) is 64.6 Å². The van der Waals surface area contributed by atoms with Gasteiger partial charge in [-0.05, 0) is 61.6 Å². The average Bonchev–Trinajstić information content (AvgIpc) is 3.39. The number of carbonyl (C=O) groups is 3. The minimum atomic E-state index is -0.299. The minimum absolute atomic E-state index is 0.0830. The van der Waals surface area contributed by atoms with Gasteiger partial charge in [-0.25, -0.2) is 0 Å². The molecule has 1 aliphatic heterocycles. The SMILES string of the molecule is CCOC(=O)CCc1c(/C=C2\C(=O)Nc3ccc(NCc4ccccc4)cc32)[nH]c2c1C(=O)CCC2. The molecule has 0 bridgehead atoms. The van der Waals surface area contributed by atoms with Gasteiger partial charge >= 0.3 is 5.97 Å². The predicted octanol–water partition coefficient (Wildman–Crippen LogP) is 5.13. The average molecular weight is 484 g/mol. The molecule has 1 aromatic heterocycles. The van der Waals surface area contributed by atoms with Crippen molar-refractivity contribution in [2.24, 2.45) is 0 Å². The summed E-state index contributed by atoms with van der Waals surface area (Å²) in [5.74, 6) is -0.410. The molecule has 0 atom stereocenters. The van der Waals surface area contributed by atoms with E-state index in [0.717, 1.165) is 46.6 Å². The van der Waals surface area contributed by atoms with Gasteiger partial charge < -0.3 is 20.4 Å². The minimum Gasteiger partial charge on any atom is -0.466 e. The maximum absolute atomic E-state index is 12.9. The number of hydrogen-bond acceptors (Lipinski definition) is 5. The van der Waals surface area contributed by atoms with Gasteiger partial charge in [-0.2, -0.15) is 0 Å². The number of anilines is 2. The summed E-state index contributed by atoms with van der Waals surface area (Å²) in [4.78, 5) is 41.2. The number of Topliss-reactive ketones (excluding diaryl/α,β-unsaturated/α-hetero) is 1. The van der Waals surface area contributed by atoms with Crippen LogP contribution in [0.2, 0.25) is 0 Å². The second kappa shape index (κ2) is 10.2. The van der Waals surface area contributed by atoms with Gasteiger partial charge in [-0.15, -0.1) is 0 Å². The van der Waals surface area contributed by atoms with Crippen LogP contribution in [-0.2, 0) is 33.7 Å². The molecule has 0 unspecified atom stereocenters. The fraction of sp³-hybridized carbons (Fsp3) is 0.276. The van der Waals surface area contributed by atoms with Gasteiger partial charge in [0.05, 0.1) is 12.2 Å². The summed E-state index contributed by atoms with van der Waals surface area (Å²) in [6.07, 6.45) is 4.42. The number of ketones is 1. The second-order valence-corrected chi connectivity index (χ2v) is 9.06. The molecular weight excluding hydrogens is 454 g/mol. The Labute approximate surface area is 209 Å². The Bertz CT molecular complexity index is 1350. The van der Waals surface area contributed by atoms with E-state index in [2.05, 4.69) is 27.8 Å². The first-order valence-corrected chi connectivity index (χ1v) is 12.4. The van der Waals surface area contributed by atoms with E-state index in [9.17, 15) is 14.4 Å². The number of ether oxygens (including phenoxy) is 1.